The zero-order valence-corrected chi connectivity index (χ0v) is 14.9. The molecule has 1 heterocycles. The number of hydrogen-bond acceptors (Lipinski definition) is 4. The van der Waals surface area contributed by atoms with Gasteiger partial charge in [-0.25, -0.2) is 13.6 Å². The molecule has 2 aromatic carbocycles. The number of carbonyl (C=O) groups is 2. The number of amides is 1. The Labute approximate surface area is 152 Å². The van der Waals surface area contributed by atoms with Crippen LogP contribution in [0.4, 0.5) is 8.78 Å². The normalized spacial score (nSPS) is 10.8. The lowest BCUT2D eigenvalue weighted by Gasteiger charge is -2.08. The van der Waals surface area contributed by atoms with Crippen molar-refractivity contribution < 1.29 is 23.1 Å². The molecule has 0 aliphatic rings. The molecule has 0 atom stereocenters. The van der Waals surface area contributed by atoms with Gasteiger partial charge in [0.15, 0.2) is 0 Å². The van der Waals surface area contributed by atoms with Crippen LogP contribution in [-0.2, 0) is 11.3 Å². The van der Waals surface area contributed by atoms with Gasteiger partial charge in [-0.1, -0.05) is 17.7 Å². The number of halogens is 2. The van der Waals surface area contributed by atoms with Gasteiger partial charge in [0, 0.05) is 22.2 Å². The Hall–Kier alpha value is -2.80. The van der Waals surface area contributed by atoms with Crippen LogP contribution in [0, 0.1) is 18.6 Å². The van der Waals surface area contributed by atoms with Crippen LogP contribution in [0.5, 0.6) is 0 Å². The van der Waals surface area contributed by atoms with Gasteiger partial charge in [-0.2, -0.15) is 0 Å². The zero-order chi connectivity index (χ0) is 18.8. The maximum absolute atomic E-state index is 14.3. The first-order chi connectivity index (χ1) is 12.4. The number of esters is 1. The average Bonchev–Trinajstić information content (AvgIpc) is 3.01. The van der Waals surface area contributed by atoms with Crippen molar-refractivity contribution in [3.05, 3.63) is 69.6 Å². The SMILES string of the molecule is COC(=O)c1sc2cccc(F)c2c1CNC(=O)c1cc(C)ccc1F. The molecule has 0 aliphatic carbocycles. The van der Waals surface area contributed by atoms with Crippen molar-refractivity contribution in [1.29, 1.82) is 0 Å². The van der Waals surface area contributed by atoms with Gasteiger partial charge in [-0.3, -0.25) is 4.79 Å². The Bertz CT molecular complexity index is 1010. The summed E-state index contributed by atoms with van der Waals surface area (Å²) in [6.45, 7) is 1.62. The van der Waals surface area contributed by atoms with Crippen molar-refractivity contribution in [2.45, 2.75) is 13.5 Å². The molecular formula is C19H15F2NO3S. The van der Waals surface area contributed by atoms with Crippen molar-refractivity contribution in [3.8, 4) is 0 Å². The number of nitrogens with one attached hydrogen (secondary N) is 1. The molecule has 4 nitrogen and oxygen atoms in total. The fraction of sp³-hybridized carbons (Fsp3) is 0.158. The molecule has 1 amide bonds. The lowest BCUT2D eigenvalue weighted by Crippen LogP contribution is -2.24. The number of thiophene rings is 1. The van der Waals surface area contributed by atoms with E-state index in [1.54, 1.807) is 25.1 Å². The van der Waals surface area contributed by atoms with Crippen LogP contribution in [0.1, 0.15) is 31.2 Å². The number of benzene rings is 2. The Balaban J connectivity index is 1.96. The number of aryl methyl sites for hydroxylation is 1. The Morgan fingerprint density at radius 3 is 2.65 bits per heavy atom. The van der Waals surface area contributed by atoms with Crippen LogP contribution < -0.4 is 5.32 Å². The summed E-state index contributed by atoms with van der Waals surface area (Å²) in [5.41, 5.74) is 0.944. The van der Waals surface area contributed by atoms with Crippen LogP contribution in [0.3, 0.4) is 0 Å². The number of fused-ring (bicyclic) bond motifs is 1. The van der Waals surface area contributed by atoms with E-state index in [2.05, 4.69) is 5.32 Å². The first-order valence-corrected chi connectivity index (χ1v) is 8.56. The van der Waals surface area contributed by atoms with E-state index in [0.717, 1.165) is 16.9 Å². The van der Waals surface area contributed by atoms with Gasteiger partial charge in [0.25, 0.3) is 5.91 Å². The van der Waals surface area contributed by atoms with Gasteiger partial charge in [-0.15, -0.1) is 11.3 Å². The molecule has 0 aliphatic heterocycles. The molecule has 0 bridgehead atoms. The molecular weight excluding hydrogens is 360 g/mol. The van der Waals surface area contributed by atoms with Crippen molar-refractivity contribution in [2.24, 2.45) is 0 Å². The van der Waals surface area contributed by atoms with E-state index in [1.807, 2.05) is 0 Å². The molecule has 0 saturated heterocycles. The predicted octanol–water partition coefficient (Wildman–Crippen LogP) is 4.20. The third-order valence-corrected chi connectivity index (χ3v) is 5.10. The van der Waals surface area contributed by atoms with E-state index < -0.39 is 23.5 Å². The highest BCUT2D eigenvalue weighted by atomic mass is 32.1. The molecule has 0 saturated carbocycles. The van der Waals surface area contributed by atoms with Gasteiger partial charge in [-0.05, 0) is 31.2 Å². The second-order valence-electron chi connectivity index (χ2n) is 5.68. The maximum atomic E-state index is 14.3. The Morgan fingerprint density at radius 1 is 1.15 bits per heavy atom. The van der Waals surface area contributed by atoms with Gasteiger partial charge in [0.1, 0.15) is 16.5 Å². The standard InChI is InChI=1S/C19H15F2NO3S/c1-10-6-7-13(20)11(8-10)18(23)22-9-12-16-14(21)4-3-5-15(16)26-17(12)19(24)25-2/h3-8H,9H2,1-2H3,(H,22,23). The Morgan fingerprint density at radius 2 is 1.92 bits per heavy atom. The minimum absolute atomic E-state index is 0.107. The monoisotopic (exact) mass is 375 g/mol. The van der Waals surface area contributed by atoms with E-state index in [4.69, 9.17) is 4.74 Å². The first kappa shape index (κ1) is 18.0. The summed E-state index contributed by atoms with van der Waals surface area (Å²) in [7, 11) is 1.23. The van der Waals surface area contributed by atoms with Crippen molar-refractivity contribution >= 4 is 33.3 Å². The highest BCUT2D eigenvalue weighted by Crippen LogP contribution is 2.33. The fourth-order valence-electron chi connectivity index (χ4n) is 2.67. The zero-order valence-electron chi connectivity index (χ0n) is 14.1. The third kappa shape index (κ3) is 3.30. The summed E-state index contributed by atoms with van der Waals surface area (Å²) in [4.78, 5) is 24.6. The summed E-state index contributed by atoms with van der Waals surface area (Å²) < 4.78 is 33.5. The van der Waals surface area contributed by atoms with Crippen LogP contribution in [0.25, 0.3) is 10.1 Å². The quantitative estimate of drug-likeness (QED) is 0.695. The summed E-state index contributed by atoms with van der Waals surface area (Å²) in [5.74, 6) is -2.41. The van der Waals surface area contributed by atoms with Gasteiger partial charge < -0.3 is 10.1 Å². The highest BCUT2D eigenvalue weighted by Gasteiger charge is 2.22. The molecule has 0 unspecified atom stereocenters. The number of carbonyl (C=O) groups excluding carboxylic acids is 2. The lowest BCUT2D eigenvalue weighted by atomic mass is 10.1. The molecule has 1 N–H and O–H groups in total. The van der Waals surface area contributed by atoms with Crippen LogP contribution in [0.15, 0.2) is 36.4 Å². The van der Waals surface area contributed by atoms with Crippen LogP contribution >= 0.6 is 11.3 Å². The smallest absolute Gasteiger partial charge is 0.348 e. The molecule has 7 heteroatoms. The van der Waals surface area contributed by atoms with Gasteiger partial charge >= 0.3 is 5.97 Å². The van der Waals surface area contributed by atoms with Crippen molar-refractivity contribution in [1.82, 2.24) is 5.32 Å². The van der Waals surface area contributed by atoms with Gasteiger partial charge in [0.2, 0.25) is 0 Å². The number of hydrogen-bond donors (Lipinski definition) is 1. The van der Waals surface area contributed by atoms with Crippen molar-refractivity contribution in [2.75, 3.05) is 7.11 Å². The highest BCUT2D eigenvalue weighted by molar-refractivity contribution is 7.21. The molecule has 0 spiro atoms. The summed E-state index contributed by atoms with van der Waals surface area (Å²) in [5, 5.41) is 2.81. The lowest BCUT2D eigenvalue weighted by molar-refractivity contribution is 0.0604. The Kier molecular flexibility index (Phi) is 4.99. The largest absolute Gasteiger partial charge is 0.465 e. The molecule has 0 fully saturated rings. The molecule has 3 aromatic rings. The van der Waals surface area contributed by atoms with E-state index >= 15 is 0 Å². The van der Waals surface area contributed by atoms with Crippen LogP contribution in [-0.4, -0.2) is 19.0 Å². The van der Waals surface area contributed by atoms with Crippen LogP contribution in [0.2, 0.25) is 0 Å². The topological polar surface area (TPSA) is 55.4 Å². The predicted molar refractivity (Wildman–Crippen MR) is 95.4 cm³/mol. The molecule has 1 aromatic heterocycles. The first-order valence-electron chi connectivity index (χ1n) is 7.75. The van der Waals surface area contributed by atoms with E-state index in [0.29, 0.717) is 10.3 Å². The molecule has 26 heavy (non-hydrogen) atoms. The molecule has 3 rings (SSSR count). The minimum Gasteiger partial charge on any atom is -0.465 e. The summed E-state index contributed by atoms with van der Waals surface area (Å²) in [6, 6.07) is 8.70. The molecule has 134 valence electrons. The van der Waals surface area contributed by atoms with E-state index in [9.17, 15) is 18.4 Å². The second-order valence-corrected chi connectivity index (χ2v) is 6.73. The fourth-order valence-corrected chi connectivity index (χ4v) is 3.82. The summed E-state index contributed by atoms with van der Waals surface area (Å²) >= 11 is 1.08. The van der Waals surface area contributed by atoms with Gasteiger partial charge in [0.05, 0.1) is 12.7 Å². The summed E-state index contributed by atoms with van der Waals surface area (Å²) in [6.07, 6.45) is 0. The van der Waals surface area contributed by atoms with E-state index in [1.165, 1.54) is 25.3 Å². The van der Waals surface area contributed by atoms with Crippen molar-refractivity contribution in [3.63, 3.8) is 0 Å². The van der Waals surface area contributed by atoms with E-state index in [-0.39, 0.29) is 22.4 Å². The third-order valence-electron chi connectivity index (χ3n) is 3.93. The minimum atomic E-state index is -0.650. The average molecular weight is 375 g/mol. The second kappa shape index (κ2) is 7.21. The number of ether oxygens (including phenoxy) is 1. The number of rotatable bonds is 4. The molecule has 0 radical (unpaired) electrons. The maximum Gasteiger partial charge on any atom is 0.348 e. The number of methoxy groups -OCH3 is 1.